The summed E-state index contributed by atoms with van der Waals surface area (Å²) in [4.78, 5) is 16.0. The zero-order valence-corrected chi connectivity index (χ0v) is 5.54. The Balaban J connectivity index is 0. The molecule has 0 saturated carbocycles. The quantitative estimate of drug-likeness (QED) is 0.423. The summed E-state index contributed by atoms with van der Waals surface area (Å²) >= 11 is 0. The van der Waals surface area contributed by atoms with Crippen LogP contribution in [0.4, 0.5) is 0 Å². The molecule has 0 aliphatic carbocycles. The highest BCUT2D eigenvalue weighted by molar-refractivity contribution is 7.46. The maximum Gasteiger partial charge on any atom is 0.469 e. The Labute approximate surface area is 52.5 Å². The van der Waals surface area contributed by atoms with Gasteiger partial charge in [0.2, 0.25) is 0 Å². The van der Waals surface area contributed by atoms with E-state index in [0.717, 1.165) is 0 Å². The molecule has 56 valence electrons. The van der Waals surface area contributed by atoms with E-state index in [0.29, 0.717) is 0 Å². The van der Waals surface area contributed by atoms with Crippen molar-refractivity contribution in [2.45, 2.75) is 0 Å². The molecular formula is C3H9O5P. The summed E-state index contributed by atoms with van der Waals surface area (Å²) in [5, 5.41) is 0. The van der Waals surface area contributed by atoms with Gasteiger partial charge in [-0.1, -0.05) is 6.08 Å². The maximum atomic E-state index is 9.81. The fraction of sp³-hybridized carbons (Fsp3) is 0.333. The van der Waals surface area contributed by atoms with Crippen LogP contribution in [0.25, 0.3) is 0 Å². The van der Waals surface area contributed by atoms with Gasteiger partial charge in [-0.3, -0.25) is 4.52 Å². The first-order valence-corrected chi connectivity index (χ1v) is 3.40. The fourth-order valence-electron chi connectivity index (χ4n) is 0.150. The SMILES string of the molecule is C=CCOP(=O)(O)O.O. The minimum Gasteiger partial charge on any atom is -0.412 e. The Kier molecular flexibility index (Phi) is 6.01. The Hall–Kier alpha value is -0.190. The third kappa shape index (κ3) is 11.4. The number of phosphoric ester groups is 1. The van der Waals surface area contributed by atoms with Crippen LogP contribution < -0.4 is 0 Å². The first-order chi connectivity index (χ1) is 3.56. The standard InChI is InChI=1S/C3H7O4P.H2O/c1-2-3-7-8(4,5)6;/h2H,1,3H2,(H2,4,5,6);1H2. The van der Waals surface area contributed by atoms with Crippen LogP contribution in [0.3, 0.4) is 0 Å². The zero-order valence-electron chi connectivity index (χ0n) is 4.65. The van der Waals surface area contributed by atoms with Crippen molar-refractivity contribution in [2.24, 2.45) is 0 Å². The minimum absolute atomic E-state index is 0. The second kappa shape index (κ2) is 4.67. The normalized spacial score (nSPS) is 10.0. The van der Waals surface area contributed by atoms with Gasteiger partial charge in [-0.05, 0) is 0 Å². The van der Waals surface area contributed by atoms with Crippen molar-refractivity contribution < 1.29 is 24.4 Å². The molecule has 0 saturated heterocycles. The fourth-order valence-corrected chi connectivity index (χ4v) is 0.449. The minimum atomic E-state index is -4.25. The van der Waals surface area contributed by atoms with Gasteiger partial charge in [-0.2, -0.15) is 0 Å². The van der Waals surface area contributed by atoms with Crippen molar-refractivity contribution >= 4 is 7.82 Å². The largest absolute Gasteiger partial charge is 0.469 e. The molecule has 0 aliphatic rings. The van der Waals surface area contributed by atoms with E-state index in [9.17, 15) is 4.57 Å². The highest BCUT2D eigenvalue weighted by atomic mass is 31.2. The van der Waals surface area contributed by atoms with E-state index in [-0.39, 0.29) is 12.1 Å². The molecule has 4 N–H and O–H groups in total. The van der Waals surface area contributed by atoms with E-state index >= 15 is 0 Å². The van der Waals surface area contributed by atoms with Crippen LogP contribution in [-0.4, -0.2) is 21.9 Å². The lowest BCUT2D eigenvalue weighted by atomic mass is 10.7. The van der Waals surface area contributed by atoms with E-state index in [2.05, 4.69) is 11.1 Å². The highest BCUT2D eigenvalue weighted by Gasteiger charge is 2.10. The van der Waals surface area contributed by atoms with E-state index in [1.165, 1.54) is 6.08 Å². The van der Waals surface area contributed by atoms with Crippen LogP contribution in [0.5, 0.6) is 0 Å². The predicted molar refractivity (Wildman–Crippen MR) is 31.8 cm³/mol. The summed E-state index contributed by atoms with van der Waals surface area (Å²) in [5.41, 5.74) is 0. The zero-order chi connectivity index (χ0) is 6.62. The average molecular weight is 156 g/mol. The van der Waals surface area contributed by atoms with Gasteiger partial charge in [0.15, 0.2) is 0 Å². The number of phosphoric acid groups is 1. The molecule has 0 spiro atoms. The first-order valence-electron chi connectivity index (χ1n) is 1.87. The van der Waals surface area contributed by atoms with Gasteiger partial charge in [0.05, 0.1) is 6.61 Å². The molecule has 0 aromatic carbocycles. The summed E-state index contributed by atoms with van der Waals surface area (Å²) < 4.78 is 13.7. The summed E-state index contributed by atoms with van der Waals surface area (Å²) in [6.45, 7) is 3.07. The van der Waals surface area contributed by atoms with Crippen LogP contribution in [0.2, 0.25) is 0 Å². The van der Waals surface area contributed by atoms with Crippen molar-refractivity contribution in [1.82, 2.24) is 0 Å². The van der Waals surface area contributed by atoms with E-state index in [4.69, 9.17) is 9.79 Å². The summed E-state index contributed by atoms with van der Waals surface area (Å²) in [6.07, 6.45) is 1.26. The monoisotopic (exact) mass is 156 g/mol. The van der Waals surface area contributed by atoms with Crippen molar-refractivity contribution in [2.75, 3.05) is 6.61 Å². The lowest BCUT2D eigenvalue weighted by Crippen LogP contribution is -1.86. The summed E-state index contributed by atoms with van der Waals surface area (Å²) in [6, 6.07) is 0. The molecule has 0 radical (unpaired) electrons. The van der Waals surface area contributed by atoms with E-state index in [1.807, 2.05) is 0 Å². The highest BCUT2D eigenvalue weighted by Crippen LogP contribution is 2.35. The molecular weight excluding hydrogens is 147 g/mol. The van der Waals surface area contributed by atoms with Crippen LogP contribution in [0.15, 0.2) is 12.7 Å². The molecule has 0 fully saturated rings. The number of hydrogen-bond acceptors (Lipinski definition) is 2. The van der Waals surface area contributed by atoms with Crippen LogP contribution in [0.1, 0.15) is 0 Å². The van der Waals surface area contributed by atoms with E-state index < -0.39 is 7.82 Å². The Bertz CT molecular complexity index is 115. The van der Waals surface area contributed by atoms with Gasteiger partial charge >= 0.3 is 7.82 Å². The lowest BCUT2D eigenvalue weighted by molar-refractivity contribution is 0.216. The molecule has 0 aromatic heterocycles. The van der Waals surface area contributed by atoms with Crippen LogP contribution in [0, 0.1) is 0 Å². The third-order valence-electron chi connectivity index (χ3n) is 0.361. The molecule has 0 bridgehead atoms. The number of hydrogen-bond donors (Lipinski definition) is 2. The van der Waals surface area contributed by atoms with Gasteiger partial charge in [0, 0.05) is 0 Å². The van der Waals surface area contributed by atoms with Crippen molar-refractivity contribution in [3.63, 3.8) is 0 Å². The van der Waals surface area contributed by atoms with Crippen LogP contribution in [-0.2, 0) is 9.09 Å². The Morgan fingerprint density at radius 3 is 2.22 bits per heavy atom. The van der Waals surface area contributed by atoms with Gasteiger partial charge in [-0.15, -0.1) is 6.58 Å². The van der Waals surface area contributed by atoms with Crippen molar-refractivity contribution in [3.05, 3.63) is 12.7 Å². The summed E-state index contributed by atoms with van der Waals surface area (Å²) in [5.74, 6) is 0. The predicted octanol–water partition coefficient (Wildman–Crippen LogP) is -0.543. The Morgan fingerprint density at radius 1 is 1.67 bits per heavy atom. The van der Waals surface area contributed by atoms with Gasteiger partial charge < -0.3 is 15.3 Å². The molecule has 0 aromatic rings. The molecule has 0 amide bonds. The summed E-state index contributed by atoms with van der Waals surface area (Å²) in [7, 11) is -4.25. The molecule has 9 heavy (non-hydrogen) atoms. The Morgan fingerprint density at radius 2 is 2.11 bits per heavy atom. The second-order valence-electron chi connectivity index (χ2n) is 1.08. The second-order valence-corrected chi connectivity index (χ2v) is 2.31. The molecule has 0 unspecified atom stereocenters. The molecule has 0 heterocycles. The van der Waals surface area contributed by atoms with Crippen molar-refractivity contribution in [1.29, 1.82) is 0 Å². The lowest BCUT2D eigenvalue weighted by Gasteiger charge is -1.98. The topological polar surface area (TPSA) is 98.3 Å². The molecule has 5 nitrogen and oxygen atoms in total. The molecule has 0 aliphatic heterocycles. The first kappa shape index (κ1) is 11.6. The molecule has 6 heteroatoms. The smallest absolute Gasteiger partial charge is 0.412 e. The third-order valence-corrected chi connectivity index (χ3v) is 0.846. The van der Waals surface area contributed by atoms with Gasteiger partial charge in [0.1, 0.15) is 0 Å². The number of rotatable bonds is 3. The average Bonchev–Trinajstić information content (AvgIpc) is 1.59. The van der Waals surface area contributed by atoms with Crippen LogP contribution >= 0.6 is 7.82 Å². The van der Waals surface area contributed by atoms with Gasteiger partial charge in [0.25, 0.3) is 0 Å². The van der Waals surface area contributed by atoms with Gasteiger partial charge in [-0.25, -0.2) is 4.57 Å². The molecule has 0 atom stereocenters. The molecule has 0 rings (SSSR count). The van der Waals surface area contributed by atoms with E-state index in [1.54, 1.807) is 0 Å². The van der Waals surface area contributed by atoms with Crippen molar-refractivity contribution in [3.8, 4) is 0 Å². The maximum absolute atomic E-state index is 9.81.